The number of allylic oxidation sites excluding steroid dienone is 1. The molecule has 0 aromatic heterocycles. The molecule has 0 fully saturated rings. The molecule has 73 valence electrons. The monoisotopic (exact) mass is 194 g/mol. The van der Waals surface area contributed by atoms with Crippen LogP contribution in [0.2, 0.25) is 0 Å². The van der Waals surface area contributed by atoms with Gasteiger partial charge in [0.25, 0.3) is 5.78 Å². The molecule has 0 amide bonds. The Hall–Kier alpha value is -1.33. The zero-order valence-corrected chi connectivity index (χ0v) is 6.97. The second-order valence-electron chi connectivity index (χ2n) is 2.44. The van der Waals surface area contributed by atoms with Crippen molar-refractivity contribution in [3.63, 3.8) is 0 Å². The molecule has 0 aromatic carbocycles. The summed E-state index contributed by atoms with van der Waals surface area (Å²) in [5.41, 5.74) is -1.03. The third-order valence-corrected chi connectivity index (χ3v) is 0.999. The van der Waals surface area contributed by atoms with E-state index in [0.717, 1.165) is 17.4 Å². The van der Waals surface area contributed by atoms with Crippen LogP contribution in [0.5, 0.6) is 0 Å². The SMILES string of the molecule is CN(C)C=C([C]=O)C(=O)C(F)(F)F. The minimum absolute atomic E-state index is 0.767. The van der Waals surface area contributed by atoms with Gasteiger partial charge in [0.1, 0.15) is 0 Å². The van der Waals surface area contributed by atoms with Gasteiger partial charge in [-0.25, -0.2) is 0 Å². The Morgan fingerprint density at radius 2 is 1.85 bits per heavy atom. The third kappa shape index (κ3) is 3.73. The van der Waals surface area contributed by atoms with E-state index in [2.05, 4.69) is 0 Å². The first-order chi connectivity index (χ1) is 5.79. The minimum Gasteiger partial charge on any atom is -0.383 e. The van der Waals surface area contributed by atoms with E-state index in [-0.39, 0.29) is 0 Å². The highest BCUT2D eigenvalue weighted by atomic mass is 19.4. The first kappa shape index (κ1) is 11.7. The van der Waals surface area contributed by atoms with Crippen molar-refractivity contribution < 1.29 is 22.8 Å². The van der Waals surface area contributed by atoms with E-state index in [1.165, 1.54) is 14.1 Å². The third-order valence-electron chi connectivity index (χ3n) is 0.999. The molecule has 0 aliphatic heterocycles. The Kier molecular flexibility index (Phi) is 3.65. The van der Waals surface area contributed by atoms with Crippen molar-refractivity contribution >= 4 is 12.1 Å². The summed E-state index contributed by atoms with van der Waals surface area (Å²) in [5, 5.41) is 0. The number of carbonyl (C=O) groups excluding carboxylic acids is 2. The van der Waals surface area contributed by atoms with Gasteiger partial charge in [-0.05, 0) is 0 Å². The maximum atomic E-state index is 11.7. The molecule has 0 rings (SSSR count). The van der Waals surface area contributed by atoms with Crippen molar-refractivity contribution in [1.29, 1.82) is 0 Å². The van der Waals surface area contributed by atoms with Crippen LogP contribution in [0.15, 0.2) is 11.8 Å². The average molecular weight is 194 g/mol. The van der Waals surface area contributed by atoms with Crippen LogP contribution in [0.3, 0.4) is 0 Å². The lowest BCUT2D eigenvalue weighted by molar-refractivity contribution is -0.166. The lowest BCUT2D eigenvalue weighted by Gasteiger charge is -2.07. The fourth-order valence-electron chi connectivity index (χ4n) is 0.542. The van der Waals surface area contributed by atoms with Crippen molar-refractivity contribution in [2.24, 2.45) is 0 Å². The first-order valence-corrected chi connectivity index (χ1v) is 3.17. The smallest absolute Gasteiger partial charge is 0.383 e. The predicted molar refractivity (Wildman–Crippen MR) is 38.5 cm³/mol. The van der Waals surface area contributed by atoms with Crippen molar-refractivity contribution in [1.82, 2.24) is 4.90 Å². The number of hydrogen-bond donors (Lipinski definition) is 0. The van der Waals surface area contributed by atoms with Gasteiger partial charge in [-0.2, -0.15) is 13.2 Å². The number of hydrogen-bond acceptors (Lipinski definition) is 3. The number of nitrogens with zero attached hydrogens (tertiary/aromatic N) is 1. The molecule has 0 bridgehead atoms. The van der Waals surface area contributed by atoms with Crippen molar-refractivity contribution in [2.75, 3.05) is 14.1 Å². The summed E-state index contributed by atoms with van der Waals surface area (Å²) in [6.07, 6.45) is -3.32. The van der Waals surface area contributed by atoms with Crippen molar-refractivity contribution in [3.05, 3.63) is 11.8 Å². The van der Waals surface area contributed by atoms with Crippen LogP contribution in [0.4, 0.5) is 13.2 Å². The molecule has 0 aliphatic carbocycles. The zero-order valence-electron chi connectivity index (χ0n) is 6.97. The predicted octanol–water partition coefficient (Wildman–Crippen LogP) is 0.673. The van der Waals surface area contributed by atoms with Gasteiger partial charge in [0, 0.05) is 20.3 Å². The number of carbonyl (C=O) groups is 1. The molecule has 0 aliphatic rings. The van der Waals surface area contributed by atoms with Crippen LogP contribution in [-0.4, -0.2) is 37.2 Å². The van der Waals surface area contributed by atoms with E-state index in [9.17, 15) is 22.8 Å². The minimum atomic E-state index is -5.03. The largest absolute Gasteiger partial charge is 0.455 e. The van der Waals surface area contributed by atoms with Crippen LogP contribution >= 0.6 is 0 Å². The van der Waals surface area contributed by atoms with Gasteiger partial charge in [0.2, 0.25) is 6.29 Å². The molecule has 0 aromatic rings. The number of Topliss-reactive ketones (excluding diaryl/α,β-unsaturated/α-hetero) is 1. The Bertz CT molecular complexity index is 243. The zero-order chi connectivity index (χ0) is 10.6. The second-order valence-corrected chi connectivity index (χ2v) is 2.44. The lowest BCUT2D eigenvalue weighted by Crippen LogP contribution is -2.26. The van der Waals surface area contributed by atoms with Gasteiger partial charge in [-0.15, -0.1) is 0 Å². The topological polar surface area (TPSA) is 37.4 Å². The van der Waals surface area contributed by atoms with Gasteiger partial charge in [0.15, 0.2) is 0 Å². The van der Waals surface area contributed by atoms with E-state index in [1.54, 1.807) is 0 Å². The second kappa shape index (κ2) is 4.06. The van der Waals surface area contributed by atoms with Gasteiger partial charge in [-0.3, -0.25) is 9.59 Å². The highest BCUT2D eigenvalue weighted by molar-refractivity contribution is 6.14. The summed E-state index contributed by atoms with van der Waals surface area (Å²) in [6.45, 7) is 0. The molecular weight excluding hydrogens is 187 g/mol. The molecule has 13 heavy (non-hydrogen) atoms. The maximum absolute atomic E-state index is 11.7. The van der Waals surface area contributed by atoms with Crippen LogP contribution < -0.4 is 0 Å². The summed E-state index contributed by atoms with van der Waals surface area (Å²) >= 11 is 0. The van der Waals surface area contributed by atoms with E-state index in [0.29, 0.717) is 0 Å². The molecule has 0 unspecified atom stereocenters. The molecule has 0 heterocycles. The van der Waals surface area contributed by atoms with Crippen molar-refractivity contribution in [3.8, 4) is 0 Å². The van der Waals surface area contributed by atoms with E-state index in [1.807, 2.05) is 0 Å². The standard InChI is InChI=1S/C7H7F3NO2/c1-11(2)3-5(4-12)6(13)7(8,9)10/h3H,1-2H3. The molecule has 0 spiro atoms. The van der Waals surface area contributed by atoms with E-state index < -0.39 is 17.5 Å². The Balaban J connectivity index is 4.81. The maximum Gasteiger partial charge on any atom is 0.455 e. The highest BCUT2D eigenvalue weighted by Gasteiger charge is 2.40. The van der Waals surface area contributed by atoms with Gasteiger partial charge in [0.05, 0.1) is 5.57 Å². The molecular formula is C7H7F3NO2. The molecule has 6 heteroatoms. The summed E-state index contributed by atoms with van der Waals surface area (Å²) in [4.78, 5) is 21.6. The first-order valence-electron chi connectivity index (χ1n) is 3.17. The van der Waals surface area contributed by atoms with E-state index >= 15 is 0 Å². The summed E-state index contributed by atoms with van der Waals surface area (Å²) in [6, 6.07) is 0. The van der Waals surface area contributed by atoms with Gasteiger partial charge in [-0.1, -0.05) is 0 Å². The molecule has 3 nitrogen and oxygen atoms in total. The molecule has 0 saturated carbocycles. The number of ketones is 1. The highest BCUT2D eigenvalue weighted by Crippen LogP contribution is 2.19. The van der Waals surface area contributed by atoms with Gasteiger partial charge < -0.3 is 4.90 Å². The molecule has 1 radical (unpaired) electrons. The fourth-order valence-corrected chi connectivity index (χ4v) is 0.542. The fraction of sp³-hybridized carbons (Fsp3) is 0.429. The molecule has 0 atom stereocenters. The number of rotatable bonds is 3. The van der Waals surface area contributed by atoms with Crippen LogP contribution in [-0.2, 0) is 9.59 Å². The number of halogens is 3. The Labute approximate surface area is 72.8 Å². The average Bonchev–Trinajstić information content (AvgIpc) is 1.96. The summed E-state index contributed by atoms with van der Waals surface area (Å²) in [7, 11) is 2.78. The number of alkyl halides is 3. The van der Waals surface area contributed by atoms with Crippen molar-refractivity contribution in [2.45, 2.75) is 6.18 Å². The Morgan fingerprint density at radius 3 is 2.08 bits per heavy atom. The van der Waals surface area contributed by atoms with Gasteiger partial charge >= 0.3 is 6.18 Å². The summed E-state index contributed by atoms with van der Waals surface area (Å²) in [5.74, 6) is -2.18. The lowest BCUT2D eigenvalue weighted by atomic mass is 10.2. The quantitative estimate of drug-likeness (QED) is 0.376. The Morgan fingerprint density at radius 1 is 1.38 bits per heavy atom. The van der Waals surface area contributed by atoms with E-state index in [4.69, 9.17) is 0 Å². The van der Waals surface area contributed by atoms with Crippen LogP contribution in [0.25, 0.3) is 0 Å². The van der Waals surface area contributed by atoms with Crippen LogP contribution in [0, 0.1) is 0 Å². The summed E-state index contributed by atoms with van der Waals surface area (Å²) < 4.78 is 35.2. The molecule has 0 saturated heterocycles. The molecule has 0 N–H and O–H groups in total. The van der Waals surface area contributed by atoms with Crippen LogP contribution in [0.1, 0.15) is 0 Å². The normalized spacial score (nSPS) is 12.5.